The summed E-state index contributed by atoms with van der Waals surface area (Å²) < 4.78 is 0. The van der Waals surface area contributed by atoms with Crippen LogP contribution < -0.4 is 11.3 Å². The molecule has 0 aliphatic carbocycles. The molecule has 0 bridgehead atoms. The number of aromatic nitrogens is 1. The summed E-state index contributed by atoms with van der Waals surface area (Å²) in [4.78, 5) is 4.54. The van der Waals surface area contributed by atoms with Crippen LogP contribution in [-0.4, -0.2) is 4.98 Å². The largest absolute Gasteiger partial charge is 0.271 e. The maximum absolute atomic E-state index is 5.69. The van der Waals surface area contributed by atoms with Crippen molar-refractivity contribution in [3.05, 3.63) is 64.5 Å². The highest BCUT2D eigenvalue weighted by molar-refractivity contribution is 5.30. The van der Waals surface area contributed by atoms with Gasteiger partial charge in [0, 0.05) is 5.69 Å². The molecule has 1 aromatic heterocycles. The van der Waals surface area contributed by atoms with Crippen molar-refractivity contribution in [1.82, 2.24) is 10.4 Å². The molecular formula is C16H21N3. The molecule has 0 aliphatic heterocycles. The lowest BCUT2D eigenvalue weighted by Gasteiger charge is -2.16. The molecule has 1 heterocycles. The van der Waals surface area contributed by atoms with Gasteiger partial charge in [0.2, 0.25) is 0 Å². The first-order valence-corrected chi connectivity index (χ1v) is 6.55. The quantitative estimate of drug-likeness (QED) is 0.652. The van der Waals surface area contributed by atoms with E-state index in [0.29, 0.717) is 0 Å². The molecule has 19 heavy (non-hydrogen) atoms. The van der Waals surface area contributed by atoms with Gasteiger partial charge in [0.1, 0.15) is 0 Å². The van der Waals surface area contributed by atoms with Crippen molar-refractivity contribution < 1.29 is 0 Å². The summed E-state index contributed by atoms with van der Waals surface area (Å²) in [5, 5.41) is 0. The fourth-order valence-corrected chi connectivity index (χ4v) is 2.43. The van der Waals surface area contributed by atoms with Crippen molar-refractivity contribution in [2.75, 3.05) is 0 Å². The second-order valence-corrected chi connectivity index (χ2v) is 5.12. The van der Waals surface area contributed by atoms with Gasteiger partial charge in [-0.15, -0.1) is 0 Å². The number of rotatable bonds is 4. The van der Waals surface area contributed by atoms with Crippen LogP contribution in [0.2, 0.25) is 0 Å². The van der Waals surface area contributed by atoms with Crippen LogP contribution in [0.1, 0.15) is 34.1 Å². The second-order valence-electron chi connectivity index (χ2n) is 5.12. The smallest absolute Gasteiger partial charge is 0.0672 e. The van der Waals surface area contributed by atoms with Gasteiger partial charge in [-0.3, -0.25) is 16.3 Å². The van der Waals surface area contributed by atoms with Crippen LogP contribution in [0.3, 0.4) is 0 Å². The number of hydrazine groups is 1. The summed E-state index contributed by atoms with van der Waals surface area (Å²) in [6.07, 6.45) is 0.843. The fourth-order valence-electron chi connectivity index (χ4n) is 2.43. The van der Waals surface area contributed by atoms with Gasteiger partial charge in [0.25, 0.3) is 0 Å². The first kappa shape index (κ1) is 13.7. The molecule has 2 rings (SSSR count). The van der Waals surface area contributed by atoms with E-state index in [1.165, 1.54) is 16.7 Å². The van der Waals surface area contributed by atoms with E-state index < -0.39 is 0 Å². The summed E-state index contributed by atoms with van der Waals surface area (Å²) in [5.74, 6) is 5.69. The lowest BCUT2D eigenvalue weighted by atomic mass is 9.99. The van der Waals surface area contributed by atoms with Gasteiger partial charge in [0.05, 0.1) is 11.7 Å². The van der Waals surface area contributed by atoms with Crippen LogP contribution >= 0.6 is 0 Å². The van der Waals surface area contributed by atoms with Gasteiger partial charge in [0.15, 0.2) is 0 Å². The normalized spacial score (nSPS) is 12.4. The molecule has 0 spiro atoms. The third-order valence-electron chi connectivity index (χ3n) is 3.19. The van der Waals surface area contributed by atoms with E-state index in [1.54, 1.807) is 0 Å². The molecular weight excluding hydrogens is 234 g/mol. The van der Waals surface area contributed by atoms with Crippen LogP contribution in [0, 0.1) is 20.8 Å². The monoisotopic (exact) mass is 255 g/mol. The number of nitrogens with one attached hydrogen (secondary N) is 1. The Balaban J connectivity index is 2.23. The Bertz CT molecular complexity index is 543. The number of aryl methyl sites for hydroxylation is 3. The molecule has 3 N–H and O–H groups in total. The summed E-state index contributed by atoms with van der Waals surface area (Å²) in [5.41, 5.74) is 8.71. The number of pyridine rings is 1. The van der Waals surface area contributed by atoms with Crippen molar-refractivity contribution in [1.29, 1.82) is 0 Å². The molecule has 1 aromatic carbocycles. The third kappa shape index (κ3) is 3.63. The molecule has 0 aliphatic rings. The highest BCUT2D eigenvalue weighted by Crippen LogP contribution is 2.18. The molecule has 1 atom stereocenters. The third-order valence-corrected chi connectivity index (χ3v) is 3.19. The zero-order valence-electron chi connectivity index (χ0n) is 11.8. The average molecular weight is 255 g/mol. The first-order chi connectivity index (χ1) is 9.08. The Morgan fingerprint density at radius 1 is 1.11 bits per heavy atom. The lowest BCUT2D eigenvalue weighted by molar-refractivity contribution is 0.537. The van der Waals surface area contributed by atoms with Gasteiger partial charge in [-0.05, 0) is 44.9 Å². The predicted octanol–water partition coefficient (Wildman–Crippen LogP) is 2.75. The van der Waals surface area contributed by atoms with E-state index in [0.717, 1.165) is 17.8 Å². The van der Waals surface area contributed by atoms with Gasteiger partial charge in [-0.2, -0.15) is 0 Å². The van der Waals surface area contributed by atoms with Crippen molar-refractivity contribution in [2.24, 2.45) is 5.84 Å². The Kier molecular flexibility index (Phi) is 4.30. The second kappa shape index (κ2) is 5.95. The summed E-state index contributed by atoms with van der Waals surface area (Å²) in [6, 6.07) is 12.7. The van der Waals surface area contributed by atoms with Gasteiger partial charge < -0.3 is 0 Å². The van der Waals surface area contributed by atoms with Crippen molar-refractivity contribution >= 4 is 0 Å². The highest BCUT2D eigenvalue weighted by Gasteiger charge is 2.12. The van der Waals surface area contributed by atoms with Crippen LogP contribution in [0.15, 0.2) is 36.4 Å². The van der Waals surface area contributed by atoms with Crippen molar-refractivity contribution in [3.63, 3.8) is 0 Å². The SMILES string of the molecule is Cc1cc(C)cc(CC(NN)c2cccc(C)n2)c1. The standard InChI is InChI=1S/C16H21N3/c1-11-7-12(2)9-14(8-11)10-16(19-17)15-6-4-5-13(3)18-15/h4-9,16,19H,10,17H2,1-3H3. The average Bonchev–Trinajstić information content (AvgIpc) is 2.34. The highest BCUT2D eigenvalue weighted by atomic mass is 15.2. The Morgan fingerprint density at radius 3 is 2.37 bits per heavy atom. The summed E-state index contributed by atoms with van der Waals surface area (Å²) in [6.45, 7) is 6.23. The summed E-state index contributed by atoms with van der Waals surface area (Å²) >= 11 is 0. The molecule has 0 radical (unpaired) electrons. The minimum atomic E-state index is 0.0427. The van der Waals surface area contributed by atoms with Gasteiger partial charge in [-0.1, -0.05) is 35.4 Å². The van der Waals surface area contributed by atoms with Crippen molar-refractivity contribution in [3.8, 4) is 0 Å². The minimum Gasteiger partial charge on any atom is -0.271 e. The van der Waals surface area contributed by atoms with Gasteiger partial charge in [-0.25, -0.2) is 0 Å². The molecule has 1 unspecified atom stereocenters. The first-order valence-electron chi connectivity index (χ1n) is 6.55. The number of nitrogens with two attached hydrogens (primary N) is 1. The molecule has 0 saturated carbocycles. The van der Waals surface area contributed by atoms with E-state index in [9.17, 15) is 0 Å². The molecule has 0 fully saturated rings. The van der Waals surface area contributed by atoms with E-state index in [-0.39, 0.29) is 6.04 Å². The Labute approximate surface area is 114 Å². The van der Waals surface area contributed by atoms with E-state index in [2.05, 4.69) is 42.5 Å². The molecule has 0 saturated heterocycles. The number of benzene rings is 1. The minimum absolute atomic E-state index is 0.0427. The zero-order valence-corrected chi connectivity index (χ0v) is 11.8. The Hall–Kier alpha value is -1.71. The molecule has 2 aromatic rings. The van der Waals surface area contributed by atoms with Gasteiger partial charge >= 0.3 is 0 Å². The zero-order chi connectivity index (χ0) is 13.8. The predicted molar refractivity (Wildman–Crippen MR) is 78.7 cm³/mol. The van der Waals surface area contributed by atoms with Crippen LogP contribution in [0.5, 0.6) is 0 Å². The fraction of sp³-hybridized carbons (Fsp3) is 0.312. The van der Waals surface area contributed by atoms with E-state index in [4.69, 9.17) is 5.84 Å². The van der Waals surface area contributed by atoms with Crippen LogP contribution in [0.4, 0.5) is 0 Å². The maximum atomic E-state index is 5.69. The number of nitrogens with zero attached hydrogens (tertiary/aromatic N) is 1. The molecule has 3 nitrogen and oxygen atoms in total. The summed E-state index contributed by atoms with van der Waals surface area (Å²) in [7, 11) is 0. The maximum Gasteiger partial charge on any atom is 0.0672 e. The number of hydrogen-bond donors (Lipinski definition) is 2. The molecule has 3 heteroatoms. The topological polar surface area (TPSA) is 50.9 Å². The number of hydrogen-bond acceptors (Lipinski definition) is 3. The van der Waals surface area contributed by atoms with Crippen LogP contribution in [0.25, 0.3) is 0 Å². The molecule has 0 amide bonds. The Morgan fingerprint density at radius 2 is 1.79 bits per heavy atom. The van der Waals surface area contributed by atoms with Crippen molar-refractivity contribution in [2.45, 2.75) is 33.2 Å². The van der Waals surface area contributed by atoms with E-state index in [1.807, 2.05) is 25.1 Å². The van der Waals surface area contributed by atoms with E-state index >= 15 is 0 Å². The van der Waals surface area contributed by atoms with Crippen LogP contribution in [-0.2, 0) is 6.42 Å². The molecule has 100 valence electrons. The lowest BCUT2D eigenvalue weighted by Crippen LogP contribution is -2.30.